The predicted octanol–water partition coefficient (Wildman–Crippen LogP) is 0.869. The molecule has 0 radical (unpaired) electrons. The van der Waals surface area contributed by atoms with Crippen molar-refractivity contribution in [2.24, 2.45) is 0 Å². The summed E-state index contributed by atoms with van der Waals surface area (Å²) in [6, 6.07) is 6.04. The summed E-state index contributed by atoms with van der Waals surface area (Å²) >= 11 is 0. The van der Waals surface area contributed by atoms with Crippen LogP contribution < -0.4 is 0 Å². The molecule has 0 amide bonds. The molecule has 0 aromatic heterocycles. The largest absolute Gasteiger partial charge is 0.462 e. The van der Waals surface area contributed by atoms with E-state index in [1.54, 1.807) is 12.1 Å². The summed E-state index contributed by atoms with van der Waals surface area (Å²) in [7, 11) is -1.38. The Kier molecular flexibility index (Phi) is 1.89. The Labute approximate surface area is 76.2 Å². The molecule has 2 rings (SSSR count). The molecule has 4 heteroatoms. The molecule has 0 spiro atoms. The van der Waals surface area contributed by atoms with Crippen LogP contribution in [0.1, 0.15) is 18.4 Å². The fourth-order valence-corrected chi connectivity index (χ4v) is 1.63. The lowest BCUT2D eigenvalue weighted by molar-refractivity contribution is 0.382. The van der Waals surface area contributed by atoms with E-state index >= 15 is 0 Å². The van der Waals surface area contributed by atoms with Crippen LogP contribution in [0, 0.1) is 5.82 Å². The topological polar surface area (TPSA) is 40.5 Å². The van der Waals surface area contributed by atoms with Crippen LogP contribution >= 0.6 is 0 Å². The molecule has 68 valence electrons. The van der Waals surface area contributed by atoms with Gasteiger partial charge in [-0.1, -0.05) is 12.1 Å². The predicted molar refractivity (Wildman–Crippen MR) is 47.5 cm³/mol. The molecule has 13 heavy (non-hydrogen) atoms. The number of benzene rings is 1. The first-order chi connectivity index (χ1) is 6.15. The molecule has 1 aromatic rings. The highest BCUT2D eigenvalue weighted by Crippen LogP contribution is 2.48. The Morgan fingerprint density at radius 2 is 2.00 bits per heavy atom. The van der Waals surface area contributed by atoms with Crippen molar-refractivity contribution in [2.75, 3.05) is 0 Å². The molecule has 0 bridgehead atoms. The lowest BCUT2D eigenvalue weighted by Gasteiger charge is -2.13. The van der Waals surface area contributed by atoms with Crippen molar-refractivity contribution in [2.45, 2.75) is 18.2 Å². The van der Waals surface area contributed by atoms with E-state index in [-0.39, 0.29) is 5.82 Å². The van der Waals surface area contributed by atoms with E-state index in [0.29, 0.717) is 18.4 Å². The zero-order valence-electron chi connectivity index (χ0n) is 7.07. The van der Waals surface area contributed by atoms with Crippen LogP contribution in [-0.2, 0) is 5.31 Å². The zero-order valence-corrected chi connectivity index (χ0v) is 7.07. The van der Waals surface area contributed by atoms with Gasteiger partial charge in [0.25, 0.3) is 0 Å². The maximum atomic E-state index is 12.8. The first-order valence-electron chi connectivity index (χ1n) is 4.27. The Morgan fingerprint density at radius 3 is 2.46 bits per heavy atom. The van der Waals surface area contributed by atoms with Crippen LogP contribution in [0.15, 0.2) is 24.3 Å². The summed E-state index contributed by atoms with van der Waals surface area (Å²) in [6.45, 7) is 0. The minimum atomic E-state index is -1.38. The molecule has 0 heterocycles. The van der Waals surface area contributed by atoms with Crippen LogP contribution in [0.25, 0.3) is 0 Å². The lowest BCUT2D eigenvalue weighted by Crippen LogP contribution is -2.30. The van der Waals surface area contributed by atoms with Crippen LogP contribution in [-0.4, -0.2) is 17.2 Å². The van der Waals surface area contributed by atoms with Gasteiger partial charge >= 0.3 is 7.12 Å². The Balaban J connectivity index is 2.35. The van der Waals surface area contributed by atoms with Gasteiger partial charge in [-0.05, 0) is 30.5 Å². The monoisotopic (exact) mass is 180 g/mol. The highest BCUT2D eigenvalue weighted by molar-refractivity contribution is 6.47. The van der Waals surface area contributed by atoms with Gasteiger partial charge in [0.15, 0.2) is 0 Å². The van der Waals surface area contributed by atoms with E-state index in [1.165, 1.54) is 12.1 Å². The maximum Gasteiger partial charge on any atom is 0.462 e. The quantitative estimate of drug-likeness (QED) is 0.662. The van der Waals surface area contributed by atoms with Crippen LogP contribution in [0.4, 0.5) is 4.39 Å². The van der Waals surface area contributed by atoms with Crippen LogP contribution in [0.3, 0.4) is 0 Å². The van der Waals surface area contributed by atoms with Crippen molar-refractivity contribution in [3.05, 3.63) is 35.6 Å². The van der Waals surface area contributed by atoms with E-state index in [9.17, 15) is 4.39 Å². The van der Waals surface area contributed by atoms with E-state index < -0.39 is 12.4 Å². The summed E-state index contributed by atoms with van der Waals surface area (Å²) in [5.41, 5.74) is 0.683. The van der Waals surface area contributed by atoms with Gasteiger partial charge in [-0.2, -0.15) is 0 Å². The molecule has 1 aliphatic carbocycles. The van der Waals surface area contributed by atoms with Gasteiger partial charge in [-0.15, -0.1) is 0 Å². The summed E-state index contributed by atoms with van der Waals surface area (Å²) in [5, 5.41) is 17.6. The zero-order chi connectivity index (χ0) is 9.47. The van der Waals surface area contributed by atoms with Crippen LogP contribution in [0.2, 0.25) is 0 Å². The van der Waals surface area contributed by atoms with E-state index in [0.717, 1.165) is 0 Å². The first-order valence-corrected chi connectivity index (χ1v) is 4.27. The number of halogens is 1. The van der Waals surface area contributed by atoms with E-state index in [4.69, 9.17) is 10.0 Å². The number of rotatable bonds is 2. The van der Waals surface area contributed by atoms with Gasteiger partial charge < -0.3 is 10.0 Å². The Bertz CT molecular complexity index is 323. The number of hydrogen-bond donors (Lipinski definition) is 2. The van der Waals surface area contributed by atoms with Gasteiger partial charge in [0, 0.05) is 5.31 Å². The molecule has 2 N–H and O–H groups in total. The fraction of sp³-hybridized carbons (Fsp3) is 0.333. The molecule has 0 atom stereocenters. The fourth-order valence-electron chi connectivity index (χ4n) is 1.63. The lowest BCUT2D eigenvalue weighted by atomic mass is 9.65. The highest BCUT2D eigenvalue weighted by atomic mass is 19.1. The summed E-state index contributed by atoms with van der Waals surface area (Å²) in [6.07, 6.45) is 1.43. The average molecular weight is 180 g/mol. The van der Waals surface area contributed by atoms with Crippen molar-refractivity contribution in [3.63, 3.8) is 0 Å². The second-order valence-electron chi connectivity index (χ2n) is 3.54. The van der Waals surface area contributed by atoms with Gasteiger partial charge in [-0.3, -0.25) is 0 Å². The molecule has 1 aromatic carbocycles. The highest BCUT2D eigenvalue weighted by Gasteiger charge is 2.53. The normalized spacial score (nSPS) is 18.4. The molecular weight excluding hydrogens is 170 g/mol. The van der Waals surface area contributed by atoms with Gasteiger partial charge in [0.2, 0.25) is 0 Å². The van der Waals surface area contributed by atoms with Crippen LogP contribution in [0.5, 0.6) is 0 Å². The van der Waals surface area contributed by atoms with Crippen molar-refractivity contribution >= 4 is 7.12 Å². The molecular formula is C9H10BFO2. The van der Waals surface area contributed by atoms with E-state index in [2.05, 4.69) is 0 Å². The minimum Gasteiger partial charge on any atom is -0.426 e. The third-order valence-electron chi connectivity index (χ3n) is 2.68. The van der Waals surface area contributed by atoms with Crippen molar-refractivity contribution in [1.29, 1.82) is 0 Å². The second kappa shape index (κ2) is 2.82. The molecule has 1 aliphatic rings. The Morgan fingerprint density at radius 1 is 1.31 bits per heavy atom. The molecule has 0 aliphatic heterocycles. The molecule has 0 unspecified atom stereocenters. The van der Waals surface area contributed by atoms with E-state index in [1.807, 2.05) is 0 Å². The number of hydrogen-bond acceptors (Lipinski definition) is 2. The third-order valence-corrected chi connectivity index (χ3v) is 2.68. The third kappa shape index (κ3) is 1.36. The van der Waals surface area contributed by atoms with Crippen molar-refractivity contribution in [3.8, 4) is 0 Å². The molecule has 1 fully saturated rings. The summed E-state index contributed by atoms with van der Waals surface area (Å²) < 4.78 is 12.8. The van der Waals surface area contributed by atoms with Crippen molar-refractivity contribution in [1.82, 2.24) is 0 Å². The summed E-state index contributed by atoms with van der Waals surface area (Å²) in [4.78, 5) is 0. The average Bonchev–Trinajstić information content (AvgIpc) is 2.83. The SMILES string of the molecule is OB(O)C1(c2cccc(F)c2)CC1. The maximum absolute atomic E-state index is 12.8. The minimum absolute atomic E-state index is 0.329. The van der Waals surface area contributed by atoms with Gasteiger partial charge in [-0.25, -0.2) is 4.39 Å². The van der Waals surface area contributed by atoms with Crippen molar-refractivity contribution < 1.29 is 14.4 Å². The molecule has 2 nitrogen and oxygen atoms in total. The standard InChI is InChI=1S/C9H10BFO2/c11-8-3-1-2-7(6-8)9(4-5-9)10(12)13/h1-3,6,12-13H,4-5H2. The Hall–Kier alpha value is -0.865. The second-order valence-corrected chi connectivity index (χ2v) is 3.54. The molecule has 1 saturated carbocycles. The van der Waals surface area contributed by atoms with Gasteiger partial charge in [0.1, 0.15) is 5.82 Å². The van der Waals surface area contributed by atoms with Gasteiger partial charge in [0.05, 0.1) is 0 Å². The molecule has 0 saturated heterocycles. The smallest absolute Gasteiger partial charge is 0.426 e. The summed E-state index contributed by atoms with van der Waals surface area (Å²) in [5.74, 6) is -0.329. The first kappa shape index (κ1) is 8.72.